The Morgan fingerprint density at radius 1 is 1.33 bits per heavy atom. The molecule has 3 aliphatic rings. The van der Waals surface area contributed by atoms with E-state index in [0.29, 0.717) is 5.57 Å². The maximum absolute atomic E-state index is 14.2. The first-order chi connectivity index (χ1) is 11.2. The van der Waals surface area contributed by atoms with E-state index in [-0.39, 0.29) is 36.6 Å². The van der Waals surface area contributed by atoms with Crippen LogP contribution in [-0.4, -0.2) is 30.2 Å². The molecule has 5 nitrogen and oxygen atoms in total. The number of halogens is 2. The van der Waals surface area contributed by atoms with Gasteiger partial charge in [0, 0.05) is 12.5 Å². The number of hydrogen-bond acceptors (Lipinski definition) is 3. The first kappa shape index (κ1) is 16.9. The van der Waals surface area contributed by atoms with Gasteiger partial charge in [0.15, 0.2) is 11.7 Å². The van der Waals surface area contributed by atoms with Crippen molar-refractivity contribution < 1.29 is 23.1 Å². The molecule has 0 aromatic rings. The quantitative estimate of drug-likeness (QED) is 0.812. The Morgan fingerprint density at radius 2 is 2.04 bits per heavy atom. The predicted molar refractivity (Wildman–Crippen MR) is 83.2 cm³/mol. The number of nitrogens with one attached hydrogen (secondary N) is 2. The third-order valence-corrected chi connectivity index (χ3v) is 4.55. The van der Waals surface area contributed by atoms with E-state index in [1.807, 2.05) is 0 Å². The second-order valence-electron chi connectivity index (χ2n) is 7.67. The second-order valence-corrected chi connectivity index (χ2v) is 7.67. The van der Waals surface area contributed by atoms with Crippen LogP contribution >= 0.6 is 0 Å². The number of piperidine rings is 1. The molecule has 0 aromatic carbocycles. The number of fused-ring (bicyclic) bond motifs is 1. The van der Waals surface area contributed by atoms with Crippen molar-refractivity contribution in [3.63, 3.8) is 0 Å². The summed E-state index contributed by atoms with van der Waals surface area (Å²) < 4.78 is 33.1. The van der Waals surface area contributed by atoms with E-state index in [1.54, 1.807) is 20.8 Å². The van der Waals surface area contributed by atoms with Gasteiger partial charge in [0.25, 0.3) is 0 Å². The van der Waals surface area contributed by atoms with Crippen LogP contribution in [0.15, 0.2) is 23.3 Å². The van der Waals surface area contributed by atoms with E-state index >= 15 is 0 Å². The van der Waals surface area contributed by atoms with Gasteiger partial charge in [0.1, 0.15) is 11.6 Å². The lowest BCUT2D eigenvalue weighted by atomic mass is 9.83. The molecular weight excluding hydrogens is 318 g/mol. The molecule has 24 heavy (non-hydrogen) atoms. The summed E-state index contributed by atoms with van der Waals surface area (Å²) in [5.41, 5.74) is -0.238. The third-order valence-electron chi connectivity index (χ3n) is 4.55. The Labute approximate surface area is 139 Å². The van der Waals surface area contributed by atoms with Crippen LogP contribution in [0.1, 0.15) is 33.6 Å². The Balaban J connectivity index is 1.70. The van der Waals surface area contributed by atoms with Gasteiger partial charge in [0.2, 0.25) is 5.91 Å². The normalized spacial score (nSPS) is 32.5. The molecule has 2 amide bonds. The zero-order valence-corrected chi connectivity index (χ0v) is 14.0. The van der Waals surface area contributed by atoms with Crippen LogP contribution in [0.3, 0.4) is 0 Å². The minimum Gasteiger partial charge on any atom is -0.444 e. The van der Waals surface area contributed by atoms with Crippen LogP contribution in [0.2, 0.25) is 0 Å². The predicted octanol–water partition coefficient (Wildman–Crippen LogP) is 2.74. The summed E-state index contributed by atoms with van der Waals surface area (Å²) in [5.74, 6) is -2.18. The third kappa shape index (κ3) is 3.44. The average molecular weight is 340 g/mol. The second kappa shape index (κ2) is 5.86. The lowest BCUT2D eigenvalue weighted by Gasteiger charge is -2.32. The smallest absolute Gasteiger partial charge is 0.408 e. The monoisotopic (exact) mass is 340 g/mol. The van der Waals surface area contributed by atoms with Gasteiger partial charge in [-0.2, -0.15) is 0 Å². The molecule has 3 rings (SSSR count). The average Bonchev–Trinajstić information content (AvgIpc) is 3.19. The van der Waals surface area contributed by atoms with E-state index in [9.17, 15) is 18.4 Å². The molecule has 1 saturated heterocycles. The van der Waals surface area contributed by atoms with Crippen molar-refractivity contribution in [3.8, 4) is 0 Å². The van der Waals surface area contributed by atoms with Gasteiger partial charge in [-0.3, -0.25) is 4.79 Å². The highest BCUT2D eigenvalue weighted by Gasteiger charge is 2.48. The van der Waals surface area contributed by atoms with Crippen molar-refractivity contribution in [1.29, 1.82) is 0 Å². The number of rotatable bonds is 2. The SMILES string of the molecule is CC(C)(C)OC(=O)NC1CC(C2=C(F)C(F)=CC3CC23)CNC1=O. The van der Waals surface area contributed by atoms with Crippen molar-refractivity contribution >= 4 is 12.0 Å². The van der Waals surface area contributed by atoms with Crippen molar-refractivity contribution in [2.45, 2.75) is 45.3 Å². The van der Waals surface area contributed by atoms with Gasteiger partial charge >= 0.3 is 6.09 Å². The van der Waals surface area contributed by atoms with Crippen molar-refractivity contribution in [3.05, 3.63) is 23.3 Å². The number of allylic oxidation sites excluding steroid dienone is 3. The van der Waals surface area contributed by atoms with Crippen LogP contribution in [-0.2, 0) is 9.53 Å². The summed E-state index contributed by atoms with van der Waals surface area (Å²) in [6.07, 6.45) is 1.62. The lowest BCUT2D eigenvalue weighted by Crippen LogP contribution is -2.54. The molecule has 2 fully saturated rings. The van der Waals surface area contributed by atoms with Gasteiger partial charge in [0.05, 0.1) is 0 Å². The molecule has 2 N–H and O–H groups in total. The number of alkyl carbamates (subject to hydrolysis) is 1. The van der Waals surface area contributed by atoms with E-state index in [1.165, 1.54) is 6.08 Å². The molecule has 2 aliphatic carbocycles. The van der Waals surface area contributed by atoms with Crippen molar-refractivity contribution in [2.75, 3.05) is 6.54 Å². The lowest BCUT2D eigenvalue weighted by molar-refractivity contribution is -0.125. The molecule has 0 bridgehead atoms. The van der Waals surface area contributed by atoms with E-state index in [4.69, 9.17) is 4.74 Å². The summed E-state index contributed by atoms with van der Waals surface area (Å²) in [6.45, 7) is 5.42. The Hall–Kier alpha value is -1.92. The van der Waals surface area contributed by atoms with Crippen LogP contribution in [0, 0.1) is 17.8 Å². The number of carbonyl (C=O) groups is 2. The number of ether oxygens (including phenoxy) is 1. The molecule has 1 heterocycles. The maximum atomic E-state index is 14.2. The minimum absolute atomic E-state index is 0.0201. The molecular formula is C17H22F2N2O3. The number of carbonyl (C=O) groups excluding carboxylic acids is 2. The van der Waals surface area contributed by atoms with Crippen molar-refractivity contribution in [1.82, 2.24) is 10.6 Å². The Bertz CT molecular complexity index is 636. The van der Waals surface area contributed by atoms with Crippen LogP contribution in [0.4, 0.5) is 13.6 Å². The van der Waals surface area contributed by atoms with Crippen LogP contribution in [0.5, 0.6) is 0 Å². The van der Waals surface area contributed by atoms with Gasteiger partial charge in [-0.25, -0.2) is 13.6 Å². The van der Waals surface area contributed by atoms with Crippen LogP contribution < -0.4 is 10.6 Å². The van der Waals surface area contributed by atoms with Crippen molar-refractivity contribution in [2.24, 2.45) is 17.8 Å². The van der Waals surface area contributed by atoms with Crippen LogP contribution in [0.25, 0.3) is 0 Å². The van der Waals surface area contributed by atoms with Gasteiger partial charge in [-0.05, 0) is 57.1 Å². The Kier molecular flexibility index (Phi) is 4.13. The van der Waals surface area contributed by atoms with Gasteiger partial charge < -0.3 is 15.4 Å². The topological polar surface area (TPSA) is 67.4 Å². The summed E-state index contributed by atoms with van der Waals surface area (Å²) in [5, 5.41) is 5.19. The molecule has 0 radical (unpaired) electrons. The molecule has 132 valence electrons. The highest BCUT2D eigenvalue weighted by atomic mass is 19.2. The fourth-order valence-electron chi connectivity index (χ4n) is 3.43. The molecule has 1 saturated carbocycles. The van der Waals surface area contributed by atoms with Gasteiger partial charge in [-0.1, -0.05) is 0 Å². The fourth-order valence-corrected chi connectivity index (χ4v) is 3.43. The zero-order chi connectivity index (χ0) is 17.6. The zero-order valence-electron chi connectivity index (χ0n) is 14.0. The van der Waals surface area contributed by atoms with E-state index < -0.39 is 29.4 Å². The minimum atomic E-state index is -0.815. The highest BCUT2D eigenvalue weighted by Crippen LogP contribution is 2.54. The first-order valence-corrected chi connectivity index (χ1v) is 8.20. The summed E-state index contributed by atoms with van der Waals surface area (Å²) in [4.78, 5) is 23.9. The Morgan fingerprint density at radius 3 is 2.71 bits per heavy atom. The number of hydrogen-bond donors (Lipinski definition) is 2. The molecule has 7 heteroatoms. The highest BCUT2D eigenvalue weighted by molar-refractivity contribution is 5.86. The fraction of sp³-hybridized carbons (Fsp3) is 0.647. The summed E-state index contributed by atoms with van der Waals surface area (Å²) in [6, 6.07) is -0.815. The summed E-state index contributed by atoms with van der Waals surface area (Å²) >= 11 is 0. The molecule has 0 spiro atoms. The van der Waals surface area contributed by atoms with Gasteiger partial charge in [-0.15, -0.1) is 0 Å². The molecule has 1 aliphatic heterocycles. The largest absolute Gasteiger partial charge is 0.444 e. The standard InChI is InChI=1S/C17H22F2N2O3/c1-17(2,3)24-16(23)21-12-6-9(7-20-15(12)22)13-10-4-8(10)5-11(18)14(13)19/h5,8-10,12H,4,6-7H2,1-3H3,(H,20,22)(H,21,23). The first-order valence-electron chi connectivity index (χ1n) is 8.20. The molecule has 4 atom stereocenters. The summed E-state index contributed by atoms with van der Waals surface area (Å²) in [7, 11) is 0. The molecule has 4 unspecified atom stereocenters. The molecule has 0 aromatic heterocycles. The van der Waals surface area contributed by atoms with E-state index in [0.717, 1.165) is 6.42 Å². The number of amides is 2. The van der Waals surface area contributed by atoms with E-state index in [2.05, 4.69) is 10.6 Å². The maximum Gasteiger partial charge on any atom is 0.408 e.